The molecule has 0 unspecified atom stereocenters. The molecule has 0 N–H and O–H groups in total. The van der Waals surface area contributed by atoms with Crippen molar-refractivity contribution in [2.24, 2.45) is 0 Å². The molecule has 5 heterocycles. The van der Waals surface area contributed by atoms with Crippen molar-refractivity contribution in [3.05, 3.63) is 64.8 Å². The number of methoxy groups -OCH3 is 1. The van der Waals surface area contributed by atoms with Crippen molar-refractivity contribution in [3.8, 4) is 12.1 Å². The summed E-state index contributed by atoms with van der Waals surface area (Å²) in [5.41, 5.74) is 3.19. The summed E-state index contributed by atoms with van der Waals surface area (Å²) in [4.78, 5) is 32.2. The molecule has 50 heavy (non-hydrogen) atoms. The highest BCUT2D eigenvalue weighted by Gasteiger charge is 2.36. The van der Waals surface area contributed by atoms with E-state index >= 15 is 0 Å². The lowest BCUT2D eigenvalue weighted by molar-refractivity contribution is -0.126. The highest BCUT2D eigenvalue weighted by atomic mass is 35.5. The average molecular weight is 713 g/mol. The number of rotatable bonds is 6. The number of carbonyl (C=O) groups excluding carboxylic acids is 1. The Labute approximate surface area is 296 Å². The fourth-order valence-corrected chi connectivity index (χ4v) is 6.88. The molecule has 0 spiro atoms. The third-order valence-corrected chi connectivity index (χ3v) is 9.48. The van der Waals surface area contributed by atoms with Crippen LogP contribution in [0.4, 0.5) is 24.7 Å². The second-order valence-corrected chi connectivity index (χ2v) is 13.3. The number of amides is 1. The normalized spacial score (nSPS) is 19.2. The number of hydrogen-bond donors (Lipinski definition) is 0. The van der Waals surface area contributed by atoms with Crippen LogP contribution < -0.4 is 14.5 Å². The minimum Gasteiger partial charge on any atom is -0.467 e. The number of aromatic nitrogens is 2. The van der Waals surface area contributed by atoms with Crippen molar-refractivity contribution >= 4 is 39.8 Å². The molecule has 1 aromatic heterocycles. The van der Waals surface area contributed by atoms with Gasteiger partial charge in [-0.05, 0) is 31.0 Å². The fourth-order valence-electron chi connectivity index (χ4n) is 6.60. The average Bonchev–Trinajstić information content (AvgIpc) is 3.42. The van der Waals surface area contributed by atoms with E-state index in [1.165, 1.54) is 6.92 Å². The maximum absolute atomic E-state index is 13.0. The first-order valence-corrected chi connectivity index (χ1v) is 17.2. The Bertz CT molecular complexity index is 1700. The number of nitriles is 1. The van der Waals surface area contributed by atoms with Gasteiger partial charge in [0.1, 0.15) is 12.0 Å². The van der Waals surface area contributed by atoms with E-state index in [0.717, 1.165) is 51.5 Å². The molecule has 4 aliphatic heterocycles. The number of likely N-dealkylation sites (tertiary alicyclic amines) is 2. The summed E-state index contributed by atoms with van der Waals surface area (Å²) in [7, 11) is 3.30. The first-order valence-electron chi connectivity index (χ1n) is 16.8. The molecule has 4 aliphatic rings. The van der Waals surface area contributed by atoms with Crippen LogP contribution in [0.2, 0.25) is 5.02 Å². The molecule has 2 aromatic carbocycles. The molecule has 0 atom stereocenters. The smallest absolute Gasteiger partial charge is 0.318 e. The SMILES string of the molecule is CC#N.CN1CCC(F)(F)C1.COc1nc2c(c(N3CCN(C(=O)/C=C/CN4CC(F)C4)CC3)n1)CCN(c1cccc3cccc(Cl)c13)C2. The number of benzene rings is 2. The Morgan fingerprint density at radius 2 is 1.78 bits per heavy atom. The summed E-state index contributed by atoms with van der Waals surface area (Å²) in [6.07, 6.45) is 3.55. The van der Waals surface area contributed by atoms with Gasteiger partial charge in [0, 0.05) is 95.0 Å². The fraction of sp³-hybridized carbons (Fsp3) is 0.500. The van der Waals surface area contributed by atoms with Crippen LogP contribution in [0.3, 0.4) is 0 Å². The minimum atomic E-state index is -2.41. The number of nitrogens with zero attached hydrogens (tertiary/aromatic N) is 8. The van der Waals surface area contributed by atoms with Gasteiger partial charge in [0.25, 0.3) is 5.92 Å². The Morgan fingerprint density at radius 1 is 1.08 bits per heavy atom. The molecule has 0 saturated carbocycles. The summed E-state index contributed by atoms with van der Waals surface area (Å²) in [5, 5.41) is 10.2. The molecule has 0 bridgehead atoms. The molecule has 3 aromatic rings. The quantitative estimate of drug-likeness (QED) is 0.320. The highest BCUT2D eigenvalue weighted by molar-refractivity contribution is 6.36. The summed E-state index contributed by atoms with van der Waals surface area (Å²) in [6, 6.07) is 14.4. The molecule has 14 heteroatoms. The van der Waals surface area contributed by atoms with E-state index in [2.05, 4.69) is 34.1 Å². The van der Waals surface area contributed by atoms with Gasteiger partial charge in [0.15, 0.2) is 0 Å². The van der Waals surface area contributed by atoms with Gasteiger partial charge in [0.05, 0.1) is 37.0 Å². The van der Waals surface area contributed by atoms with Gasteiger partial charge in [-0.25, -0.2) is 13.2 Å². The molecule has 3 saturated heterocycles. The Hall–Kier alpha value is -4.12. The van der Waals surface area contributed by atoms with E-state index in [1.54, 1.807) is 31.2 Å². The number of halogens is 4. The second kappa shape index (κ2) is 16.7. The summed E-state index contributed by atoms with van der Waals surface area (Å²) in [6.45, 7) is 7.48. The van der Waals surface area contributed by atoms with Gasteiger partial charge in [-0.2, -0.15) is 15.2 Å². The van der Waals surface area contributed by atoms with Crippen LogP contribution in [0.5, 0.6) is 6.01 Å². The number of anilines is 2. The zero-order valence-electron chi connectivity index (χ0n) is 28.8. The van der Waals surface area contributed by atoms with Crippen molar-refractivity contribution in [2.75, 3.05) is 89.4 Å². The lowest BCUT2D eigenvalue weighted by Gasteiger charge is -2.38. The molecule has 0 aliphatic carbocycles. The van der Waals surface area contributed by atoms with Gasteiger partial charge in [-0.3, -0.25) is 9.69 Å². The molecule has 3 fully saturated rings. The monoisotopic (exact) mass is 712 g/mol. The predicted molar refractivity (Wildman–Crippen MR) is 190 cm³/mol. The number of fused-ring (bicyclic) bond motifs is 2. The van der Waals surface area contributed by atoms with Gasteiger partial charge >= 0.3 is 6.01 Å². The van der Waals surface area contributed by atoms with Crippen molar-refractivity contribution in [1.82, 2.24) is 24.7 Å². The van der Waals surface area contributed by atoms with Crippen molar-refractivity contribution in [1.29, 1.82) is 5.26 Å². The molecule has 268 valence electrons. The lowest BCUT2D eigenvalue weighted by atomic mass is 10.0. The first-order chi connectivity index (χ1) is 24.0. The molecule has 7 rings (SSSR count). The topological polar surface area (TPSA) is 92.1 Å². The number of hydrogen-bond acceptors (Lipinski definition) is 9. The van der Waals surface area contributed by atoms with Crippen LogP contribution in [-0.4, -0.2) is 122 Å². The zero-order chi connectivity index (χ0) is 35.8. The largest absolute Gasteiger partial charge is 0.467 e. The minimum absolute atomic E-state index is 0.00124. The zero-order valence-corrected chi connectivity index (χ0v) is 29.6. The van der Waals surface area contributed by atoms with Crippen LogP contribution in [0.15, 0.2) is 48.6 Å². The third kappa shape index (κ3) is 9.15. The standard InChI is InChI=1S/C29H32ClFN6O2.C5H9F2N.C2H3N/c1-39-29-32-24-19-37(25-8-3-6-20-5-2-7-23(30)27(20)25)12-10-22(24)28(33-29)36-15-13-35(14-16-36)26(38)9-4-11-34-17-21(31)18-34;1-8-3-2-5(6,7)4-8;1-2-3/h2-9,21H,10-19H2,1H3;2-4H2,1H3;1H3/b9-4+;;. The summed E-state index contributed by atoms with van der Waals surface area (Å²) < 4.78 is 42.8. The van der Waals surface area contributed by atoms with Gasteiger partial charge in [0.2, 0.25) is 5.91 Å². The van der Waals surface area contributed by atoms with Crippen LogP contribution in [0.25, 0.3) is 10.8 Å². The second-order valence-electron chi connectivity index (χ2n) is 12.8. The van der Waals surface area contributed by atoms with E-state index in [9.17, 15) is 18.0 Å². The maximum atomic E-state index is 13.0. The third-order valence-electron chi connectivity index (χ3n) is 9.17. The predicted octanol–water partition coefficient (Wildman–Crippen LogP) is 5.20. The number of ether oxygens (including phenoxy) is 1. The molecular weight excluding hydrogens is 669 g/mol. The summed E-state index contributed by atoms with van der Waals surface area (Å²) >= 11 is 6.62. The summed E-state index contributed by atoms with van der Waals surface area (Å²) in [5.74, 6) is -1.51. The molecule has 0 radical (unpaired) electrons. The van der Waals surface area contributed by atoms with E-state index in [0.29, 0.717) is 64.9 Å². The van der Waals surface area contributed by atoms with Crippen molar-refractivity contribution in [3.63, 3.8) is 0 Å². The number of carbonyl (C=O) groups is 1. The van der Waals surface area contributed by atoms with Crippen LogP contribution in [-0.2, 0) is 17.8 Å². The van der Waals surface area contributed by atoms with E-state index in [-0.39, 0.29) is 18.9 Å². The number of piperazine rings is 1. The lowest BCUT2D eigenvalue weighted by Crippen LogP contribution is -2.49. The van der Waals surface area contributed by atoms with Crippen molar-refractivity contribution < 1.29 is 22.7 Å². The molecule has 1 amide bonds. The number of alkyl halides is 3. The Kier molecular flexibility index (Phi) is 12.4. The Balaban J connectivity index is 0.000000381. The van der Waals surface area contributed by atoms with E-state index < -0.39 is 12.1 Å². The maximum Gasteiger partial charge on any atom is 0.318 e. The van der Waals surface area contributed by atoms with E-state index in [4.69, 9.17) is 31.6 Å². The van der Waals surface area contributed by atoms with Crippen molar-refractivity contribution in [2.45, 2.75) is 38.4 Å². The molecule has 10 nitrogen and oxygen atoms in total. The van der Waals surface area contributed by atoms with Crippen LogP contribution in [0.1, 0.15) is 24.6 Å². The van der Waals surface area contributed by atoms with Gasteiger partial charge in [-0.15, -0.1) is 0 Å². The van der Waals surface area contributed by atoms with Gasteiger partial charge < -0.3 is 24.3 Å². The van der Waals surface area contributed by atoms with Crippen LogP contribution in [0, 0.1) is 11.3 Å². The molecular formula is C36H44ClF3N8O2. The Morgan fingerprint density at radius 3 is 2.38 bits per heavy atom. The first kappa shape index (κ1) is 37.1. The van der Waals surface area contributed by atoms with E-state index in [1.807, 2.05) is 28.0 Å². The highest BCUT2D eigenvalue weighted by Crippen LogP contribution is 2.37. The van der Waals surface area contributed by atoms with Crippen LogP contribution >= 0.6 is 11.6 Å². The van der Waals surface area contributed by atoms with Gasteiger partial charge in [-0.1, -0.05) is 41.9 Å².